The average molecular weight is 292 g/mol. The number of sulfone groups is 1. The summed E-state index contributed by atoms with van der Waals surface area (Å²) in [4.78, 5) is 15.0. The molecule has 0 saturated carbocycles. The van der Waals surface area contributed by atoms with Crippen molar-refractivity contribution in [3.05, 3.63) is 36.0 Å². The number of carbonyl (C=O) groups is 1. The summed E-state index contributed by atoms with van der Waals surface area (Å²) >= 11 is 0. The minimum absolute atomic E-state index is 0.0639. The second-order valence-corrected chi connectivity index (χ2v) is 7.47. The van der Waals surface area contributed by atoms with E-state index in [1.165, 1.54) is 0 Å². The van der Waals surface area contributed by atoms with Gasteiger partial charge in [0.25, 0.3) is 0 Å². The van der Waals surface area contributed by atoms with Gasteiger partial charge < -0.3 is 10.3 Å². The maximum Gasteiger partial charge on any atom is 0.224 e. The fourth-order valence-corrected chi connectivity index (χ4v) is 4.25. The van der Waals surface area contributed by atoms with Crippen molar-refractivity contribution in [3.8, 4) is 0 Å². The number of nitrogens with one attached hydrogen (secondary N) is 2. The summed E-state index contributed by atoms with van der Waals surface area (Å²) in [6.45, 7) is 0. The van der Waals surface area contributed by atoms with E-state index in [1.54, 1.807) is 0 Å². The van der Waals surface area contributed by atoms with Crippen molar-refractivity contribution in [1.82, 2.24) is 10.3 Å². The zero-order valence-electron chi connectivity index (χ0n) is 10.9. The lowest BCUT2D eigenvalue weighted by Crippen LogP contribution is -2.36. The molecule has 2 aromatic rings. The number of carbonyl (C=O) groups excluding carboxylic acids is 1. The van der Waals surface area contributed by atoms with Gasteiger partial charge in [-0.1, -0.05) is 12.1 Å². The van der Waals surface area contributed by atoms with E-state index in [9.17, 15) is 13.2 Å². The molecule has 0 aliphatic carbocycles. The molecule has 1 fully saturated rings. The minimum Gasteiger partial charge on any atom is -0.361 e. The van der Waals surface area contributed by atoms with Gasteiger partial charge in [0.2, 0.25) is 5.91 Å². The van der Waals surface area contributed by atoms with Crippen LogP contribution in [-0.4, -0.2) is 36.9 Å². The maximum absolute atomic E-state index is 11.9. The third-order valence-corrected chi connectivity index (χ3v) is 5.35. The standard InChI is InChI=1S/C14H16N2O3S/c17-14(16-12-4-6-20(18,19)9-12)8-10-1-2-11-3-5-15-13(11)7-10/h1-3,5,7,12,15H,4,6,8-9H2,(H,16,17). The summed E-state index contributed by atoms with van der Waals surface area (Å²) in [5.41, 5.74) is 1.91. The Hall–Kier alpha value is -1.82. The van der Waals surface area contributed by atoms with Crippen LogP contribution in [0.4, 0.5) is 0 Å². The van der Waals surface area contributed by atoms with Gasteiger partial charge in [-0.3, -0.25) is 4.79 Å². The van der Waals surface area contributed by atoms with E-state index >= 15 is 0 Å². The Labute approximate surface area is 117 Å². The van der Waals surface area contributed by atoms with E-state index in [0.717, 1.165) is 16.5 Å². The van der Waals surface area contributed by atoms with Crippen LogP contribution in [0, 0.1) is 0 Å². The van der Waals surface area contributed by atoms with Crippen LogP contribution >= 0.6 is 0 Å². The lowest BCUT2D eigenvalue weighted by Gasteiger charge is -2.10. The quantitative estimate of drug-likeness (QED) is 0.886. The fraction of sp³-hybridized carbons (Fsp3) is 0.357. The Balaban J connectivity index is 1.64. The molecule has 106 valence electrons. The molecular weight excluding hydrogens is 276 g/mol. The number of benzene rings is 1. The molecule has 1 aromatic heterocycles. The molecule has 0 spiro atoms. The van der Waals surface area contributed by atoms with Crippen LogP contribution in [0.25, 0.3) is 10.9 Å². The van der Waals surface area contributed by atoms with Gasteiger partial charge in [-0.05, 0) is 29.5 Å². The molecule has 1 aliphatic rings. The van der Waals surface area contributed by atoms with E-state index in [1.807, 2.05) is 30.5 Å². The number of amides is 1. The zero-order chi connectivity index (χ0) is 14.2. The molecule has 1 aromatic carbocycles. The molecule has 1 atom stereocenters. The molecule has 2 heterocycles. The van der Waals surface area contributed by atoms with Crippen molar-refractivity contribution in [2.75, 3.05) is 11.5 Å². The van der Waals surface area contributed by atoms with Gasteiger partial charge in [0, 0.05) is 17.8 Å². The molecule has 5 nitrogen and oxygen atoms in total. The predicted octanol–water partition coefficient (Wildman–Crippen LogP) is 1.01. The largest absolute Gasteiger partial charge is 0.361 e. The van der Waals surface area contributed by atoms with E-state index < -0.39 is 9.84 Å². The molecule has 3 rings (SSSR count). The van der Waals surface area contributed by atoms with Crippen LogP contribution in [0.15, 0.2) is 30.5 Å². The van der Waals surface area contributed by atoms with Gasteiger partial charge >= 0.3 is 0 Å². The third kappa shape index (κ3) is 2.85. The lowest BCUT2D eigenvalue weighted by atomic mass is 10.1. The van der Waals surface area contributed by atoms with Crippen LogP contribution in [0.3, 0.4) is 0 Å². The molecule has 0 radical (unpaired) electrons. The first-order valence-corrected chi connectivity index (χ1v) is 8.40. The Kier molecular flexibility index (Phi) is 3.25. The summed E-state index contributed by atoms with van der Waals surface area (Å²) in [7, 11) is -2.95. The maximum atomic E-state index is 11.9. The summed E-state index contributed by atoms with van der Waals surface area (Å²) in [6.07, 6.45) is 2.65. The van der Waals surface area contributed by atoms with Crippen molar-refractivity contribution in [2.45, 2.75) is 18.9 Å². The van der Waals surface area contributed by atoms with E-state index in [0.29, 0.717) is 6.42 Å². The van der Waals surface area contributed by atoms with Crippen LogP contribution in [-0.2, 0) is 21.1 Å². The van der Waals surface area contributed by atoms with Gasteiger partial charge in [-0.15, -0.1) is 0 Å². The Morgan fingerprint density at radius 3 is 2.95 bits per heavy atom. The van der Waals surface area contributed by atoms with Crippen molar-refractivity contribution >= 4 is 26.6 Å². The normalized spacial score (nSPS) is 21.1. The number of aromatic amines is 1. The molecule has 1 saturated heterocycles. The summed E-state index contributed by atoms with van der Waals surface area (Å²) in [5.74, 6) is 0.110. The van der Waals surface area contributed by atoms with Crippen molar-refractivity contribution < 1.29 is 13.2 Å². The highest BCUT2D eigenvalue weighted by Crippen LogP contribution is 2.15. The van der Waals surface area contributed by atoms with Crippen molar-refractivity contribution in [1.29, 1.82) is 0 Å². The predicted molar refractivity (Wildman–Crippen MR) is 77.2 cm³/mol. The molecule has 1 aliphatic heterocycles. The molecule has 0 bridgehead atoms. The van der Waals surface area contributed by atoms with Crippen LogP contribution in [0.5, 0.6) is 0 Å². The molecule has 2 N–H and O–H groups in total. The van der Waals surface area contributed by atoms with Crippen LogP contribution in [0.1, 0.15) is 12.0 Å². The highest BCUT2D eigenvalue weighted by Gasteiger charge is 2.28. The molecule has 1 amide bonds. The number of hydrogen-bond acceptors (Lipinski definition) is 3. The minimum atomic E-state index is -2.95. The number of hydrogen-bond donors (Lipinski definition) is 2. The van der Waals surface area contributed by atoms with Crippen LogP contribution < -0.4 is 5.32 Å². The average Bonchev–Trinajstić information content (AvgIpc) is 2.95. The smallest absolute Gasteiger partial charge is 0.224 e. The number of fused-ring (bicyclic) bond motifs is 1. The first-order chi connectivity index (χ1) is 9.52. The summed E-state index contributed by atoms with van der Waals surface area (Å²) < 4.78 is 22.7. The van der Waals surface area contributed by atoms with E-state index in [-0.39, 0.29) is 29.9 Å². The Bertz CT molecular complexity index is 749. The van der Waals surface area contributed by atoms with Gasteiger partial charge in [0.1, 0.15) is 0 Å². The van der Waals surface area contributed by atoms with Crippen molar-refractivity contribution in [2.24, 2.45) is 0 Å². The van der Waals surface area contributed by atoms with Crippen LogP contribution in [0.2, 0.25) is 0 Å². The molecule has 1 unspecified atom stereocenters. The van der Waals surface area contributed by atoms with E-state index in [2.05, 4.69) is 10.3 Å². The first kappa shape index (κ1) is 13.2. The Morgan fingerprint density at radius 2 is 2.20 bits per heavy atom. The van der Waals surface area contributed by atoms with Crippen molar-refractivity contribution in [3.63, 3.8) is 0 Å². The SMILES string of the molecule is O=C(Cc1ccc2cc[nH]c2c1)NC1CCS(=O)(=O)C1. The number of aromatic nitrogens is 1. The second-order valence-electron chi connectivity index (χ2n) is 5.24. The molecule has 6 heteroatoms. The highest BCUT2D eigenvalue weighted by atomic mass is 32.2. The summed E-state index contributed by atoms with van der Waals surface area (Å²) in [6, 6.07) is 7.57. The Morgan fingerprint density at radius 1 is 1.35 bits per heavy atom. The van der Waals surface area contributed by atoms with Gasteiger partial charge in [0.05, 0.1) is 17.9 Å². The molecule has 20 heavy (non-hydrogen) atoms. The highest BCUT2D eigenvalue weighted by molar-refractivity contribution is 7.91. The summed E-state index contributed by atoms with van der Waals surface area (Å²) in [5, 5.41) is 3.90. The third-order valence-electron chi connectivity index (χ3n) is 3.58. The zero-order valence-corrected chi connectivity index (χ0v) is 11.7. The second kappa shape index (κ2) is 4.94. The van der Waals surface area contributed by atoms with E-state index in [4.69, 9.17) is 0 Å². The van der Waals surface area contributed by atoms with Gasteiger partial charge in [0.15, 0.2) is 9.84 Å². The lowest BCUT2D eigenvalue weighted by molar-refractivity contribution is -0.120. The number of H-pyrrole nitrogens is 1. The topological polar surface area (TPSA) is 79.0 Å². The monoisotopic (exact) mass is 292 g/mol. The molecular formula is C14H16N2O3S. The number of rotatable bonds is 3. The fourth-order valence-electron chi connectivity index (χ4n) is 2.58. The first-order valence-electron chi connectivity index (χ1n) is 6.58. The van der Waals surface area contributed by atoms with Gasteiger partial charge in [-0.25, -0.2) is 8.42 Å². The van der Waals surface area contributed by atoms with Gasteiger partial charge in [-0.2, -0.15) is 0 Å².